The molecule has 2 N–H and O–H groups in total. The summed E-state index contributed by atoms with van der Waals surface area (Å²) in [4.78, 5) is 24.6. The summed E-state index contributed by atoms with van der Waals surface area (Å²) in [5, 5.41) is 4.99. The number of nitrogens with one attached hydrogen (secondary N) is 2. The van der Waals surface area contributed by atoms with Crippen molar-refractivity contribution >= 4 is 11.8 Å². The van der Waals surface area contributed by atoms with Crippen LogP contribution in [0.15, 0.2) is 66.7 Å². The first-order valence-corrected chi connectivity index (χ1v) is 11.9. The van der Waals surface area contributed by atoms with Crippen molar-refractivity contribution < 1.29 is 40.3 Å². The topological polar surface area (TPSA) is 58.2 Å². The highest BCUT2D eigenvalue weighted by molar-refractivity contribution is 5.93. The van der Waals surface area contributed by atoms with Gasteiger partial charge in [-0.15, -0.1) is 0 Å². The van der Waals surface area contributed by atoms with Gasteiger partial charge in [0.2, 0.25) is 5.91 Å². The second-order valence-electron chi connectivity index (χ2n) is 8.56. The van der Waals surface area contributed by atoms with Gasteiger partial charge in [0, 0.05) is 12.1 Å². The molecule has 0 fully saturated rings. The molecule has 3 aromatic carbocycles. The van der Waals surface area contributed by atoms with Crippen molar-refractivity contribution in [2.75, 3.05) is 6.54 Å². The molecule has 3 aromatic rings. The number of amides is 2. The monoisotopic (exact) mass is 574 g/mol. The molecule has 4 nitrogen and oxygen atoms in total. The fourth-order valence-corrected chi connectivity index (χ4v) is 3.84. The molecule has 3 rings (SSSR count). The lowest BCUT2D eigenvalue weighted by Crippen LogP contribution is -2.31. The van der Waals surface area contributed by atoms with Gasteiger partial charge in [0.15, 0.2) is 0 Å². The Hall–Kier alpha value is -4.77. The smallest absolute Gasteiger partial charge is 0.344 e. The van der Waals surface area contributed by atoms with Crippen LogP contribution in [0.25, 0.3) is 0 Å². The Balaban J connectivity index is 1.87. The van der Waals surface area contributed by atoms with Crippen molar-refractivity contribution in [1.29, 1.82) is 0 Å². The Morgan fingerprint density at radius 2 is 1.59 bits per heavy atom. The molecule has 41 heavy (non-hydrogen) atoms. The molecule has 212 valence electrons. The van der Waals surface area contributed by atoms with Crippen LogP contribution in [0.4, 0.5) is 30.7 Å². The molecule has 0 radical (unpaired) electrons. The van der Waals surface area contributed by atoms with Crippen molar-refractivity contribution in [2.24, 2.45) is 0 Å². The minimum Gasteiger partial charge on any atom is -0.344 e. The summed E-state index contributed by atoms with van der Waals surface area (Å²) in [6.07, 6.45) is -10.3. The molecule has 0 saturated heterocycles. The molecule has 11 heteroatoms. The first-order valence-electron chi connectivity index (χ1n) is 11.9. The predicted octanol–water partition coefficient (Wildman–Crippen LogP) is 5.80. The summed E-state index contributed by atoms with van der Waals surface area (Å²) in [5.74, 6) is 6.38. The predicted molar refractivity (Wildman–Crippen MR) is 136 cm³/mol. The molecule has 2 amide bonds. The summed E-state index contributed by atoms with van der Waals surface area (Å²) in [7, 11) is 0. The van der Waals surface area contributed by atoms with Crippen LogP contribution in [0.5, 0.6) is 0 Å². The van der Waals surface area contributed by atoms with Crippen LogP contribution in [-0.4, -0.2) is 18.4 Å². The number of alkyl halides is 6. The molecule has 0 saturated carbocycles. The molecule has 1 unspecified atom stereocenters. The second-order valence-corrected chi connectivity index (χ2v) is 8.56. The SMILES string of the molecule is CC#CC(=O)NCc1cccc(C#CCNC(=O)C(c2ccc(F)cc2)c2ccc(C(F)(F)F)cc2C(F)(F)F)c1. The summed E-state index contributed by atoms with van der Waals surface area (Å²) in [6, 6.07) is 11.8. The van der Waals surface area contributed by atoms with Crippen LogP contribution in [0.2, 0.25) is 0 Å². The molecule has 0 aliphatic heterocycles. The van der Waals surface area contributed by atoms with Gasteiger partial charge in [0.25, 0.3) is 5.91 Å². The third kappa shape index (κ3) is 8.61. The standard InChI is InChI=1S/C30H21F7N2O2/c1-2-5-26(40)39-18-20-7-3-6-19(16-20)8-4-15-38-28(41)27(21-9-12-23(31)13-10-21)24-14-11-22(29(32,33)34)17-25(24)30(35,36)37/h3,6-7,9-14,16-17,27H,15,18H2,1H3,(H,38,41)(H,39,40). The number of carbonyl (C=O) groups is 2. The van der Waals surface area contributed by atoms with Gasteiger partial charge in [0.1, 0.15) is 5.82 Å². The number of halogens is 7. The highest BCUT2D eigenvalue weighted by Gasteiger charge is 2.41. The van der Waals surface area contributed by atoms with Gasteiger partial charge in [-0.3, -0.25) is 9.59 Å². The van der Waals surface area contributed by atoms with E-state index in [1.807, 2.05) is 0 Å². The highest BCUT2D eigenvalue weighted by atomic mass is 19.4. The lowest BCUT2D eigenvalue weighted by molar-refractivity contribution is -0.143. The quantitative estimate of drug-likeness (QED) is 0.289. The lowest BCUT2D eigenvalue weighted by Gasteiger charge is -2.22. The van der Waals surface area contributed by atoms with E-state index in [4.69, 9.17) is 0 Å². The summed E-state index contributed by atoms with van der Waals surface area (Å²) in [6.45, 7) is 1.40. The number of hydrogen-bond donors (Lipinski definition) is 2. The molecular formula is C30H21F7N2O2. The Morgan fingerprint density at radius 1 is 0.878 bits per heavy atom. The number of benzene rings is 3. The zero-order valence-electron chi connectivity index (χ0n) is 21.3. The first-order chi connectivity index (χ1) is 19.3. The van der Waals surface area contributed by atoms with E-state index in [1.165, 1.54) is 6.92 Å². The lowest BCUT2D eigenvalue weighted by atomic mass is 9.86. The van der Waals surface area contributed by atoms with Gasteiger partial charge in [0.05, 0.1) is 23.6 Å². The minimum atomic E-state index is -5.22. The van der Waals surface area contributed by atoms with Gasteiger partial charge >= 0.3 is 12.4 Å². The zero-order chi connectivity index (χ0) is 30.2. The maximum absolute atomic E-state index is 13.9. The van der Waals surface area contributed by atoms with E-state index >= 15 is 0 Å². The van der Waals surface area contributed by atoms with E-state index in [1.54, 1.807) is 24.3 Å². The average Bonchev–Trinajstić information content (AvgIpc) is 2.90. The first kappa shape index (κ1) is 30.8. The van der Waals surface area contributed by atoms with Gasteiger partial charge < -0.3 is 10.6 Å². The molecule has 0 spiro atoms. The summed E-state index contributed by atoms with van der Waals surface area (Å²) in [5.41, 5.74) is -2.74. The average molecular weight is 574 g/mol. The highest BCUT2D eigenvalue weighted by Crippen LogP contribution is 2.41. The van der Waals surface area contributed by atoms with Crippen LogP contribution in [-0.2, 0) is 28.5 Å². The number of hydrogen-bond acceptors (Lipinski definition) is 2. The van der Waals surface area contributed by atoms with Gasteiger partial charge in [-0.2, -0.15) is 26.3 Å². The molecule has 0 aromatic heterocycles. The number of carbonyl (C=O) groups excluding carboxylic acids is 2. The molecule has 0 heterocycles. The van der Waals surface area contributed by atoms with Crippen LogP contribution in [0, 0.1) is 29.5 Å². The van der Waals surface area contributed by atoms with Crippen LogP contribution in [0.1, 0.15) is 46.2 Å². The Labute approximate surface area is 231 Å². The normalized spacial score (nSPS) is 11.8. The fraction of sp³-hybridized carbons (Fsp3) is 0.200. The van der Waals surface area contributed by atoms with Crippen LogP contribution < -0.4 is 10.6 Å². The summed E-state index contributed by atoms with van der Waals surface area (Å²) < 4.78 is 94.6. The molecule has 0 aliphatic rings. The van der Waals surface area contributed by atoms with Crippen molar-refractivity contribution in [3.8, 4) is 23.7 Å². The van der Waals surface area contributed by atoms with Crippen molar-refractivity contribution in [1.82, 2.24) is 10.6 Å². The van der Waals surface area contributed by atoms with E-state index in [9.17, 15) is 40.3 Å². The zero-order valence-corrected chi connectivity index (χ0v) is 21.3. The van der Waals surface area contributed by atoms with Crippen molar-refractivity contribution in [3.05, 3.63) is 106 Å². The van der Waals surface area contributed by atoms with E-state index in [-0.39, 0.29) is 24.7 Å². The molecule has 0 aliphatic carbocycles. The van der Waals surface area contributed by atoms with Gasteiger partial charge in [-0.25, -0.2) is 4.39 Å². The number of rotatable bonds is 6. The minimum absolute atomic E-state index is 0.0524. The summed E-state index contributed by atoms with van der Waals surface area (Å²) >= 11 is 0. The third-order valence-electron chi connectivity index (χ3n) is 5.66. The van der Waals surface area contributed by atoms with Gasteiger partial charge in [-0.05, 0) is 65.9 Å². The molecule has 0 bridgehead atoms. The Bertz CT molecular complexity index is 1540. The largest absolute Gasteiger partial charge is 0.416 e. The molecular weight excluding hydrogens is 553 g/mol. The van der Waals surface area contributed by atoms with Crippen LogP contribution in [0.3, 0.4) is 0 Å². The van der Waals surface area contributed by atoms with Crippen molar-refractivity contribution in [2.45, 2.75) is 31.7 Å². The Kier molecular flexibility index (Phi) is 9.80. The maximum atomic E-state index is 13.9. The van der Waals surface area contributed by atoms with E-state index in [2.05, 4.69) is 34.3 Å². The van der Waals surface area contributed by atoms with E-state index in [0.29, 0.717) is 23.3 Å². The van der Waals surface area contributed by atoms with Crippen LogP contribution >= 0.6 is 0 Å². The third-order valence-corrected chi connectivity index (χ3v) is 5.66. The maximum Gasteiger partial charge on any atom is 0.416 e. The van der Waals surface area contributed by atoms with E-state index in [0.717, 1.165) is 24.3 Å². The second kappa shape index (κ2) is 13.1. The van der Waals surface area contributed by atoms with E-state index < -0.39 is 52.6 Å². The van der Waals surface area contributed by atoms with Crippen molar-refractivity contribution in [3.63, 3.8) is 0 Å². The molecule has 1 atom stereocenters. The van der Waals surface area contributed by atoms with Gasteiger partial charge in [-0.1, -0.05) is 48.1 Å². The fourth-order valence-electron chi connectivity index (χ4n) is 3.84. The Morgan fingerprint density at radius 3 is 2.22 bits per heavy atom.